The van der Waals surface area contributed by atoms with Gasteiger partial charge in [-0.25, -0.2) is 0 Å². The number of aromatic hydroxyl groups is 1. The van der Waals surface area contributed by atoms with Crippen LogP contribution in [-0.2, 0) is 9.59 Å². The lowest BCUT2D eigenvalue weighted by Crippen LogP contribution is -2.40. The number of hydrogen-bond donors (Lipinski definition) is 2. The van der Waals surface area contributed by atoms with Crippen molar-refractivity contribution in [3.05, 3.63) is 64.7 Å². The summed E-state index contributed by atoms with van der Waals surface area (Å²) in [6.07, 6.45) is 4.80. The van der Waals surface area contributed by atoms with Gasteiger partial charge in [-0.3, -0.25) is 9.59 Å². The fraction of sp³-hybridized carbons (Fsp3) is 0.429. The van der Waals surface area contributed by atoms with Crippen LogP contribution in [0.25, 0.3) is 5.76 Å². The molecule has 2 aromatic rings. The fourth-order valence-corrected chi connectivity index (χ4v) is 5.16. The number of hydrogen-bond acceptors (Lipinski definition) is 5. The molecule has 1 aliphatic carbocycles. The number of aliphatic hydroxyl groups is 1. The van der Waals surface area contributed by atoms with E-state index in [4.69, 9.17) is 4.74 Å². The van der Waals surface area contributed by atoms with Crippen LogP contribution in [0.5, 0.6) is 11.5 Å². The van der Waals surface area contributed by atoms with Gasteiger partial charge in [-0.05, 0) is 67.1 Å². The van der Waals surface area contributed by atoms with Crippen LogP contribution in [-0.4, -0.2) is 39.5 Å². The smallest absolute Gasteiger partial charge is 0.295 e. The van der Waals surface area contributed by atoms with E-state index in [-0.39, 0.29) is 29.0 Å². The molecule has 0 aromatic heterocycles. The summed E-state index contributed by atoms with van der Waals surface area (Å²) in [7, 11) is 0. The molecule has 2 N–H and O–H groups in total. The minimum Gasteiger partial charge on any atom is -0.508 e. The largest absolute Gasteiger partial charge is 0.508 e. The highest BCUT2D eigenvalue weighted by Crippen LogP contribution is 2.43. The summed E-state index contributed by atoms with van der Waals surface area (Å²) >= 11 is 0. The van der Waals surface area contributed by atoms with Gasteiger partial charge in [-0.2, -0.15) is 0 Å². The number of rotatable bonds is 6. The van der Waals surface area contributed by atoms with E-state index in [0.717, 1.165) is 43.4 Å². The Hall–Kier alpha value is -3.28. The van der Waals surface area contributed by atoms with Gasteiger partial charge in [-0.1, -0.05) is 45.2 Å². The van der Waals surface area contributed by atoms with Crippen LogP contribution in [0.15, 0.2) is 48.0 Å². The molecule has 4 rings (SSSR count). The maximum Gasteiger partial charge on any atom is 0.295 e. The second-order valence-electron chi connectivity index (χ2n) is 9.43. The molecule has 1 saturated heterocycles. The second kappa shape index (κ2) is 9.92. The average Bonchev–Trinajstić information content (AvgIpc) is 3.10. The second-order valence-corrected chi connectivity index (χ2v) is 9.43. The molecule has 1 unspecified atom stereocenters. The summed E-state index contributed by atoms with van der Waals surface area (Å²) in [5.41, 5.74) is 2.20. The highest BCUT2D eigenvalue weighted by molar-refractivity contribution is 6.46. The van der Waals surface area contributed by atoms with Crippen LogP contribution in [0.3, 0.4) is 0 Å². The monoisotopic (exact) mass is 463 g/mol. The Morgan fingerprint density at radius 2 is 1.74 bits per heavy atom. The zero-order chi connectivity index (χ0) is 24.4. The van der Waals surface area contributed by atoms with E-state index in [2.05, 4.69) is 0 Å². The molecule has 1 atom stereocenters. The predicted molar refractivity (Wildman–Crippen MR) is 131 cm³/mol. The van der Waals surface area contributed by atoms with Crippen LogP contribution in [0, 0.1) is 0 Å². The Kier molecular flexibility index (Phi) is 6.96. The van der Waals surface area contributed by atoms with Crippen LogP contribution in [0.4, 0.5) is 0 Å². The summed E-state index contributed by atoms with van der Waals surface area (Å²) in [6.45, 7) is 6.53. The first-order valence-corrected chi connectivity index (χ1v) is 12.2. The molecule has 2 aliphatic rings. The average molecular weight is 464 g/mol. The minimum atomic E-state index is -0.697. The zero-order valence-corrected chi connectivity index (χ0v) is 20.1. The SMILES string of the molecule is CCOc1ccc(/C(O)=C2/C(=O)C(=O)N(C3CCCCC3)C2c2ccc(O)cc2)cc1C(C)C. The van der Waals surface area contributed by atoms with Crippen molar-refractivity contribution in [1.29, 1.82) is 0 Å². The summed E-state index contributed by atoms with van der Waals surface area (Å²) in [5, 5.41) is 21.2. The third kappa shape index (κ3) is 4.41. The van der Waals surface area contributed by atoms with Crippen molar-refractivity contribution < 1.29 is 24.5 Å². The van der Waals surface area contributed by atoms with Gasteiger partial charge < -0.3 is 19.8 Å². The van der Waals surface area contributed by atoms with Gasteiger partial charge >= 0.3 is 0 Å². The molecular formula is C28H33NO5. The van der Waals surface area contributed by atoms with E-state index < -0.39 is 17.7 Å². The van der Waals surface area contributed by atoms with Gasteiger partial charge in [0.25, 0.3) is 11.7 Å². The molecule has 1 heterocycles. The Bertz CT molecular complexity index is 1100. The minimum absolute atomic E-state index is 0.0548. The molecular weight excluding hydrogens is 430 g/mol. The van der Waals surface area contributed by atoms with Gasteiger partial charge in [-0.15, -0.1) is 0 Å². The van der Waals surface area contributed by atoms with Crippen LogP contribution in [0.2, 0.25) is 0 Å². The molecule has 180 valence electrons. The first-order chi connectivity index (χ1) is 16.3. The Labute approximate surface area is 200 Å². The number of carbonyl (C=O) groups is 2. The number of Topliss-reactive ketones (excluding diaryl/α,β-unsaturated/α-hetero) is 1. The van der Waals surface area contributed by atoms with Gasteiger partial charge in [0.15, 0.2) is 0 Å². The lowest BCUT2D eigenvalue weighted by atomic mass is 9.90. The van der Waals surface area contributed by atoms with Crippen molar-refractivity contribution in [3.8, 4) is 11.5 Å². The maximum atomic E-state index is 13.3. The molecule has 6 nitrogen and oxygen atoms in total. The van der Waals surface area contributed by atoms with Crippen molar-refractivity contribution in [2.75, 3.05) is 6.61 Å². The van der Waals surface area contributed by atoms with Crippen molar-refractivity contribution in [2.45, 2.75) is 70.9 Å². The van der Waals surface area contributed by atoms with E-state index in [1.54, 1.807) is 41.3 Å². The predicted octanol–water partition coefficient (Wildman–Crippen LogP) is 5.67. The number of carbonyl (C=O) groups excluding carboxylic acids is 2. The van der Waals surface area contributed by atoms with Gasteiger partial charge in [0.2, 0.25) is 0 Å². The van der Waals surface area contributed by atoms with Gasteiger partial charge in [0.1, 0.15) is 17.3 Å². The number of amides is 1. The highest BCUT2D eigenvalue weighted by Gasteiger charge is 2.48. The van der Waals surface area contributed by atoms with Crippen molar-refractivity contribution in [3.63, 3.8) is 0 Å². The topological polar surface area (TPSA) is 87.1 Å². The molecule has 0 bridgehead atoms. The number of ether oxygens (including phenoxy) is 1. The molecule has 1 aliphatic heterocycles. The van der Waals surface area contributed by atoms with E-state index in [1.165, 1.54) is 0 Å². The van der Waals surface area contributed by atoms with Crippen molar-refractivity contribution >= 4 is 17.4 Å². The van der Waals surface area contributed by atoms with E-state index in [1.807, 2.05) is 26.8 Å². The maximum absolute atomic E-state index is 13.3. The number of aliphatic hydroxyl groups excluding tert-OH is 1. The quantitative estimate of drug-likeness (QED) is 0.327. The molecule has 1 saturated carbocycles. The van der Waals surface area contributed by atoms with Gasteiger partial charge in [0, 0.05) is 11.6 Å². The molecule has 1 amide bonds. The Balaban J connectivity index is 1.86. The summed E-state index contributed by atoms with van der Waals surface area (Å²) < 4.78 is 5.74. The molecule has 0 spiro atoms. The zero-order valence-electron chi connectivity index (χ0n) is 20.1. The lowest BCUT2D eigenvalue weighted by molar-refractivity contribution is -0.141. The molecule has 6 heteroatoms. The standard InChI is InChI=1S/C28H33NO5/c1-4-34-23-15-12-19(16-22(23)17(2)3)26(31)24-25(18-10-13-21(30)14-11-18)29(28(33)27(24)32)20-8-6-5-7-9-20/h10-17,20,25,30-31H,4-9H2,1-3H3/b26-24-. The van der Waals surface area contributed by atoms with E-state index in [0.29, 0.717) is 17.7 Å². The highest BCUT2D eigenvalue weighted by atomic mass is 16.5. The summed E-state index contributed by atoms with van der Waals surface area (Å²) in [5.74, 6) is -0.424. The number of nitrogens with zero attached hydrogens (tertiary/aromatic N) is 1. The molecule has 34 heavy (non-hydrogen) atoms. The summed E-state index contributed by atoms with van der Waals surface area (Å²) in [4.78, 5) is 28.3. The molecule has 0 radical (unpaired) electrons. The first-order valence-electron chi connectivity index (χ1n) is 12.2. The Morgan fingerprint density at radius 1 is 1.06 bits per heavy atom. The van der Waals surface area contributed by atoms with Gasteiger partial charge in [0.05, 0.1) is 18.2 Å². The molecule has 2 aromatic carbocycles. The third-order valence-corrected chi connectivity index (χ3v) is 6.86. The lowest BCUT2D eigenvalue weighted by Gasteiger charge is -2.35. The van der Waals surface area contributed by atoms with Crippen molar-refractivity contribution in [1.82, 2.24) is 4.90 Å². The van der Waals surface area contributed by atoms with Crippen LogP contribution in [0.1, 0.15) is 81.5 Å². The van der Waals surface area contributed by atoms with E-state index >= 15 is 0 Å². The number of ketones is 1. The fourth-order valence-electron chi connectivity index (χ4n) is 5.16. The third-order valence-electron chi connectivity index (χ3n) is 6.86. The normalized spacial score (nSPS) is 20.8. The summed E-state index contributed by atoms with van der Waals surface area (Å²) in [6, 6.07) is 11.1. The van der Waals surface area contributed by atoms with Crippen LogP contribution < -0.4 is 4.74 Å². The first kappa shape index (κ1) is 23.9. The number of phenols is 1. The molecule has 2 fully saturated rings. The number of likely N-dealkylation sites (tertiary alicyclic amines) is 1. The number of benzene rings is 2. The Morgan fingerprint density at radius 3 is 2.35 bits per heavy atom. The van der Waals surface area contributed by atoms with Crippen LogP contribution >= 0.6 is 0 Å². The van der Waals surface area contributed by atoms with E-state index in [9.17, 15) is 19.8 Å². The number of phenolic OH excluding ortho intramolecular Hbond substituents is 1. The van der Waals surface area contributed by atoms with Crippen molar-refractivity contribution in [2.24, 2.45) is 0 Å².